The SMILES string of the molecule is COc1ccc(-c2cc(COC(=O)c3cc(-c4ccco4)n[nH]3)no2)cc1OC. The summed E-state index contributed by atoms with van der Waals surface area (Å²) in [6, 6.07) is 12.1. The van der Waals surface area contributed by atoms with Gasteiger partial charge in [0.1, 0.15) is 23.7 Å². The number of methoxy groups -OCH3 is 2. The summed E-state index contributed by atoms with van der Waals surface area (Å²) in [6.07, 6.45) is 1.53. The molecule has 148 valence electrons. The number of carbonyl (C=O) groups is 1. The molecule has 0 saturated carbocycles. The maximum absolute atomic E-state index is 12.2. The third-order valence-corrected chi connectivity index (χ3v) is 4.15. The Bertz CT molecular complexity index is 1110. The number of hydrogen-bond acceptors (Lipinski definition) is 8. The standard InChI is InChI=1S/C20H17N3O6/c1-25-17-6-5-12(8-19(17)26-2)18-9-13(23-29-18)11-28-20(24)15-10-14(21-22-15)16-4-3-7-27-16/h3-10H,11H2,1-2H3,(H,21,22). The van der Waals surface area contributed by atoms with Gasteiger partial charge in [0.2, 0.25) is 0 Å². The number of rotatable bonds is 7. The normalized spacial score (nSPS) is 10.7. The third-order valence-electron chi connectivity index (χ3n) is 4.15. The number of nitrogens with one attached hydrogen (secondary N) is 1. The Labute approximate surface area is 165 Å². The lowest BCUT2D eigenvalue weighted by Gasteiger charge is -2.07. The number of furan rings is 1. The Morgan fingerprint density at radius 2 is 1.93 bits per heavy atom. The van der Waals surface area contributed by atoms with Crippen molar-refractivity contribution in [1.82, 2.24) is 15.4 Å². The van der Waals surface area contributed by atoms with Crippen LogP contribution < -0.4 is 9.47 Å². The Hall–Kier alpha value is -4.01. The minimum Gasteiger partial charge on any atom is -0.493 e. The smallest absolute Gasteiger partial charge is 0.356 e. The Balaban J connectivity index is 1.41. The van der Waals surface area contributed by atoms with Crippen LogP contribution in [0.1, 0.15) is 16.2 Å². The van der Waals surface area contributed by atoms with Crippen molar-refractivity contribution in [3.8, 4) is 34.3 Å². The molecule has 4 aromatic rings. The second-order valence-corrected chi connectivity index (χ2v) is 5.97. The molecule has 0 atom stereocenters. The molecule has 0 fully saturated rings. The minimum atomic E-state index is -0.564. The molecular weight excluding hydrogens is 378 g/mol. The molecule has 1 aromatic carbocycles. The van der Waals surface area contributed by atoms with E-state index in [2.05, 4.69) is 15.4 Å². The first kappa shape index (κ1) is 18.4. The first-order valence-electron chi connectivity index (χ1n) is 8.62. The average Bonchev–Trinajstić information content (AvgIpc) is 3.52. The van der Waals surface area contributed by atoms with Gasteiger partial charge in [-0.3, -0.25) is 5.10 Å². The molecule has 29 heavy (non-hydrogen) atoms. The fourth-order valence-corrected chi connectivity index (χ4v) is 2.70. The van der Waals surface area contributed by atoms with Crippen LogP contribution >= 0.6 is 0 Å². The van der Waals surface area contributed by atoms with Crippen LogP contribution in [0, 0.1) is 0 Å². The molecule has 4 rings (SSSR count). The monoisotopic (exact) mass is 395 g/mol. The summed E-state index contributed by atoms with van der Waals surface area (Å²) in [5.74, 6) is 1.68. The first-order chi connectivity index (χ1) is 14.2. The van der Waals surface area contributed by atoms with E-state index < -0.39 is 5.97 Å². The molecule has 0 bridgehead atoms. The van der Waals surface area contributed by atoms with Crippen LogP contribution in [0.4, 0.5) is 0 Å². The quantitative estimate of drug-likeness (QED) is 0.471. The van der Waals surface area contributed by atoms with E-state index in [0.29, 0.717) is 34.4 Å². The summed E-state index contributed by atoms with van der Waals surface area (Å²) in [4.78, 5) is 12.2. The summed E-state index contributed by atoms with van der Waals surface area (Å²) < 4.78 is 26.4. The Morgan fingerprint density at radius 1 is 1.07 bits per heavy atom. The zero-order valence-electron chi connectivity index (χ0n) is 15.7. The van der Waals surface area contributed by atoms with E-state index in [4.69, 9.17) is 23.2 Å². The van der Waals surface area contributed by atoms with Crippen molar-refractivity contribution < 1.29 is 27.9 Å². The van der Waals surface area contributed by atoms with E-state index in [1.165, 1.54) is 6.26 Å². The maximum atomic E-state index is 12.2. The fraction of sp³-hybridized carbons (Fsp3) is 0.150. The second kappa shape index (κ2) is 7.93. The van der Waals surface area contributed by atoms with Crippen LogP contribution in [0.15, 0.2) is 57.7 Å². The molecule has 1 N–H and O–H groups in total. The van der Waals surface area contributed by atoms with Gasteiger partial charge < -0.3 is 23.2 Å². The Morgan fingerprint density at radius 3 is 2.69 bits per heavy atom. The van der Waals surface area contributed by atoms with Crippen LogP contribution in [-0.4, -0.2) is 35.5 Å². The lowest BCUT2D eigenvalue weighted by molar-refractivity contribution is 0.0457. The van der Waals surface area contributed by atoms with Gasteiger partial charge in [-0.05, 0) is 30.3 Å². The molecular formula is C20H17N3O6. The predicted molar refractivity (Wildman–Crippen MR) is 100 cm³/mol. The van der Waals surface area contributed by atoms with Gasteiger partial charge in [0, 0.05) is 17.7 Å². The van der Waals surface area contributed by atoms with Crippen LogP contribution in [0.2, 0.25) is 0 Å². The molecule has 0 amide bonds. The third kappa shape index (κ3) is 3.84. The van der Waals surface area contributed by atoms with Gasteiger partial charge in [-0.25, -0.2) is 4.79 Å². The van der Waals surface area contributed by atoms with E-state index in [0.717, 1.165) is 5.56 Å². The van der Waals surface area contributed by atoms with Crippen LogP contribution in [-0.2, 0) is 11.3 Å². The number of ether oxygens (including phenoxy) is 3. The highest BCUT2D eigenvalue weighted by Gasteiger charge is 2.16. The van der Waals surface area contributed by atoms with E-state index in [-0.39, 0.29) is 12.3 Å². The lowest BCUT2D eigenvalue weighted by Crippen LogP contribution is -2.05. The summed E-state index contributed by atoms with van der Waals surface area (Å²) in [7, 11) is 3.12. The van der Waals surface area contributed by atoms with Crippen LogP contribution in [0.5, 0.6) is 11.5 Å². The number of hydrogen-bond donors (Lipinski definition) is 1. The van der Waals surface area contributed by atoms with Gasteiger partial charge in [0.05, 0.1) is 20.5 Å². The number of carbonyl (C=O) groups excluding carboxylic acids is 1. The van der Waals surface area contributed by atoms with Gasteiger partial charge in [-0.15, -0.1) is 0 Å². The highest BCUT2D eigenvalue weighted by molar-refractivity contribution is 5.88. The minimum absolute atomic E-state index is 0.0509. The topological polar surface area (TPSA) is 113 Å². The van der Waals surface area contributed by atoms with Crippen molar-refractivity contribution in [3.63, 3.8) is 0 Å². The molecule has 0 aliphatic rings. The van der Waals surface area contributed by atoms with Crippen molar-refractivity contribution in [2.24, 2.45) is 0 Å². The van der Waals surface area contributed by atoms with Gasteiger partial charge in [0.15, 0.2) is 23.0 Å². The molecule has 0 aliphatic carbocycles. The van der Waals surface area contributed by atoms with Crippen LogP contribution in [0.25, 0.3) is 22.8 Å². The molecule has 9 heteroatoms. The van der Waals surface area contributed by atoms with Gasteiger partial charge >= 0.3 is 5.97 Å². The average molecular weight is 395 g/mol. The van der Waals surface area contributed by atoms with E-state index in [9.17, 15) is 4.79 Å². The summed E-state index contributed by atoms with van der Waals surface area (Å²) in [5, 5.41) is 10.6. The van der Waals surface area contributed by atoms with Crippen molar-refractivity contribution in [2.45, 2.75) is 6.61 Å². The van der Waals surface area contributed by atoms with Crippen molar-refractivity contribution in [2.75, 3.05) is 14.2 Å². The van der Waals surface area contributed by atoms with Gasteiger partial charge in [-0.1, -0.05) is 5.16 Å². The highest BCUT2D eigenvalue weighted by atomic mass is 16.5. The van der Waals surface area contributed by atoms with Crippen molar-refractivity contribution >= 4 is 5.97 Å². The molecule has 9 nitrogen and oxygen atoms in total. The second-order valence-electron chi connectivity index (χ2n) is 5.97. The highest BCUT2D eigenvalue weighted by Crippen LogP contribution is 2.32. The number of aromatic amines is 1. The van der Waals surface area contributed by atoms with Crippen molar-refractivity contribution in [3.05, 3.63) is 60.1 Å². The number of H-pyrrole nitrogens is 1. The molecule has 0 aliphatic heterocycles. The van der Waals surface area contributed by atoms with Gasteiger partial charge in [0.25, 0.3) is 0 Å². The summed E-state index contributed by atoms with van der Waals surface area (Å²) >= 11 is 0. The number of benzene rings is 1. The fourth-order valence-electron chi connectivity index (χ4n) is 2.70. The van der Waals surface area contributed by atoms with E-state index >= 15 is 0 Å². The summed E-state index contributed by atoms with van der Waals surface area (Å²) in [6.45, 7) is -0.0509. The zero-order chi connectivity index (χ0) is 20.2. The lowest BCUT2D eigenvalue weighted by atomic mass is 10.1. The van der Waals surface area contributed by atoms with Gasteiger partial charge in [-0.2, -0.15) is 5.10 Å². The number of esters is 1. The van der Waals surface area contributed by atoms with Crippen LogP contribution in [0.3, 0.4) is 0 Å². The Kier molecular flexibility index (Phi) is 5.02. The number of nitrogens with zero attached hydrogens (tertiary/aromatic N) is 2. The molecule has 0 unspecified atom stereocenters. The maximum Gasteiger partial charge on any atom is 0.356 e. The number of aromatic nitrogens is 3. The molecule has 0 saturated heterocycles. The van der Waals surface area contributed by atoms with E-state index in [1.807, 2.05) is 6.07 Å². The van der Waals surface area contributed by atoms with E-state index in [1.54, 1.807) is 50.6 Å². The molecule has 0 radical (unpaired) electrons. The zero-order valence-corrected chi connectivity index (χ0v) is 15.7. The van der Waals surface area contributed by atoms with Crippen molar-refractivity contribution in [1.29, 1.82) is 0 Å². The molecule has 0 spiro atoms. The predicted octanol–water partition coefficient (Wildman–Crippen LogP) is 3.70. The first-order valence-corrected chi connectivity index (χ1v) is 8.62. The molecule has 3 heterocycles. The largest absolute Gasteiger partial charge is 0.493 e. The summed E-state index contributed by atoms with van der Waals surface area (Å²) in [5.41, 5.74) is 1.94. The molecule has 3 aromatic heterocycles.